The first-order chi connectivity index (χ1) is 9.95. The molecule has 0 spiro atoms. The van der Waals surface area contributed by atoms with Crippen molar-refractivity contribution in [2.75, 3.05) is 5.32 Å². The number of amides is 1. The maximum Gasteiger partial charge on any atom is 0.337 e. The highest BCUT2D eigenvalue weighted by atomic mass is 79.9. The van der Waals surface area contributed by atoms with E-state index in [-0.39, 0.29) is 22.9 Å². The monoisotopic (exact) mass is 367 g/mol. The van der Waals surface area contributed by atoms with Gasteiger partial charge in [-0.05, 0) is 35.9 Å². The van der Waals surface area contributed by atoms with E-state index in [1.807, 2.05) is 24.3 Å². The number of rotatable bonds is 4. The Hall–Kier alpha value is -1.85. The van der Waals surface area contributed by atoms with Gasteiger partial charge in [-0.25, -0.2) is 4.79 Å². The number of carboxylic acids is 1. The molecule has 0 bridgehead atoms. The van der Waals surface area contributed by atoms with Crippen molar-refractivity contribution in [3.63, 3.8) is 0 Å². The van der Waals surface area contributed by atoms with Crippen LogP contribution >= 0.6 is 27.5 Å². The minimum atomic E-state index is -1.14. The number of halogens is 2. The molecule has 21 heavy (non-hydrogen) atoms. The highest BCUT2D eigenvalue weighted by Crippen LogP contribution is 2.21. The fourth-order valence-corrected chi connectivity index (χ4v) is 2.45. The molecule has 0 atom stereocenters. The molecule has 0 aliphatic carbocycles. The summed E-state index contributed by atoms with van der Waals surface area (Å²) in [6, 6.07) is 11.8. The van der Waals surface area contributed by atoms with Crippen molar-refractivity contribution in [2.24, 2.45) is 0 Å². The number of benzene rings is 2. The third-order valence-corrected chi connectivity index (χ3v) is 3.56. The van der Waals surface area contributed by atoms with E-state index >= 15 is 0 Å². The standard InChI is InChI=1S/C15H11BrClNO3/c16-10-3-1-2-9(6-10)7-14(19)18-11-4-5-13(17)12(8-11)15(20)21/h1-6,8H,7H2,(H,18,19)(H,20,21). The van der Waals surface area contributed by atoms with E-state index in [9.17, 15) is 9.59 Å². The summed E-state index contributed by atoms with van der Waals surface area (Å²) in [6.45, 7) is 0. The van der Waals surface area contributed by atoms with E-state index in [2.05, 4.69) is 21.2 Å². The number of carboxylic acid groups (broad SMARTS) is 1. The zero-order valence-electron chi connectivity index (χ0n) is 10.8. The molecule has 0 aliphatic heterocycles. The van der Waals surface area contributed by atoms with Crippen LogP contribution in [0.4, 0.5) is 5.69 Å². The lowest BCUT2D eigenvalue weighted by molar-refractivity contribution is -0.115. The second-order valence-corrected chi connectivity index (χ2v) is 5.68. The molecule has 0 aliphatic rings. The smallest absolute Gasteiger partial charge is 0.337 e. The average molecular weight is 369 g/mol. The molecule has 4 nitrogen and oxygen atoms in total. The molecule has 2 N–H and O–H groups in total. The fraction of sp³-hybridized carbons (Fsp3) is 0.0667. The molecule has 0 fully saturated rings. The van der Waals surface area contributed by atoms with Crippen molar-refractivity contribution < 1.29 is 14.7 Å². The van der Waals surface area contributed by atoms with Crippen LogP contribution in [0.15, 0.2) is 46.9 Å². The zero-order chi connectivity index (χ0) is 15.4. The number of anilines is 1. The van der Waals surface area contributed by atoms with Gasteiger partial charge >= 0.3 is 5.97 Å². The Morgan fingerprint density at radius 3 is 2.62 bits per heavy atom. The maximum atomic E-state index is 12.0. The quantitative estimate of drug-likeness (QED) is 0.858. The molecule has 0 radical (unpaired) electrons. The molecule has 2 aromatic carbocycles. The van der Waals surface area contributed by atoms with Gasteiger partial charge in [-0.15, -0.1) is 0 Å². The lowest BCUT2D eigenvalue weighted by atomic mass is 10.1. The van der Waals surface area contributed by atoms with Gasteiger partial charge in [-0.3, -0.25) is 4.79 Å². The van der Waals surface area contributed by atoms with E-state index in [4.69, 9.17) is 16.7 Å². The van der Waals surface area contributed by atoms with Crippen molar-refractivity contribution in [3.8, 4) is 0 Å². The molecule has 0 saturated carbocycles. The van der Waals surface area contributed by atoms with Crippen molar-refractivity contribution in [1.82, 2.24) is 0 Å². The van der Waals surface area contributed by atoms with Crippen LogP contribution in [-0.4, -0.2) is 17.0 Å². The molecule has 0 saturated heterocycles. The van der Waals surface area contributed by atoms with Crippen LogP contribution < -0.4 is 5.32 Å². The molecule has 6 heteroatoms. The number of hydrogen-bond donors (Lipinski definition) is 2. The number of carbonyl (C=O) groups is 2. The predicted molar refractivity (Wildman–Crippen MR) is 84.9 cm³/mol. The first-order valence-corrected chi connectivity index (χ1v) is 7.20. The Morgan fingerprint density at radius 1 is 1.19 bits per heavy atom. The van der Waals surface area contributed by atoms with Crippen LogP contribution in [0.25, 0.3) is 0 Å². The highest BCUT2D eigenvalue weighted by molar-refractivity contribution is 9.10. The summed E-state index contributed by atoms with van der Waals surface area (Å²) in [5.41, 5.74) is 1.21. The fourth-order valence-electron chi connectivity index (χ4n) is 1.80. The minimum absolute atomic E-state index is 0.0445. The molecule has 108 valence electrons. The normalized spacial score (nSPS) is 10.2. The number of hydrogen-bond acceptors (Lipinski definition) is 2. The third kappa shape index (κ3) is 4.31. The van der Waals surface area contributed by atoms with Gasteiger partial charge in [-0.1, -0.05) is 39.7 Å². The van der Waals surface area contributed by atoms with Gasteiger partial charge in [0, 0.05) is 10.2 Å². The summed E-state index contributed by atoms with van der Waals surface area (Å²) in [7, 11) is 0. The number of nitrogens with one attached hydrogen (secondary N) is 1. The van der Waals surface area contributed by atoms with Crippen LogP contribution in [0.3, 0.4) is 0 Å². The Labute approximate surface area is 134 Å². The van der Waals surface area contributed by atoms with Gasteiger partial charge < -0.3 is 10.4 Å². The Bertz CT molecular complexity index is 703. The first-order valence-electron chi connectivity index (χ1n) is 6.03. The predicted octanol–water partition coefficient (Wildman–Crippen LogP) is 3.98. The van der Waals surface area contributed by atoms with Crippen LogP contribution in [0.2, 0.25) is 5.02 Å². The number of carbonyl (C=O) groups excluding carboxylic acids is 1. The molecular weight excluding hydrogens is 358 g/mol. The van der Waals surface area contributed by atoms with E-state index in [0.29, 0.717) is 5.69 Å². The first kappa shape index (κ1) is 15.5. The van der Waals surface area contributed by atoms with Crippen molar-refractivity contribution >= 4 is 45.1 Å². The molecular formula is C15H11BrClNO3. The van der Waals surface area contributed by atoms with Gasteiger partial charge in [0.1, 0.15) is 0 Å². The summed E-state index contributed by atoms with van der Waals surface area (Å²) in [4.78, 5) is 22.9. The highest BCUT2D eigenvalue weighted by Gasteiger charge is 2.11. The van der Waals surface area contributed by atoms with E-state index in [1.54, 1.807) is 6.07 Å². The summed E-state index contributed by atoms with van der Waals surface area (Å²) < 4.78 is 0.896. The molecule has 2 rings (SSSR count). The third-order valence-electron chi connectivity index (χ3n) is 2.73. The van der Waals surface area contributed by atoms with Gasteiger partial charge in [0.05, 0.1) is 17.0 Å². The van der Waals surface area contributed by atoms with Crippen LogP contribution in [0.1, 0.15) is 15.9 Å². The van der Waals surface area contributed by atoms with Crippen molar-refractivity contribution in [2.45, 2.75) is 6.42 Å². The van der Waals surface area contributed by atoms with Gasteiger partial charge in [0.25, 0.3) is 0 Å². The summed E-state index contributed by atoms with van der Waals surface area (Å²) in [6.07, 6.45) is 0.199. The van der Waals surface area contributed by atoms with Gasteiger partial charge in [0.15, 0.2) is 0 Å². The Kier molecular flexibility index (Phi) is 4.98. The molecule has 0 aromatic heterocycles. The molecule has 1 amide bonds. The van der Waals surface area contributed by atoms with E-state index < -0.39 is 5.97 Å². The second-order valence-electron chi connectivity index (χ2n) is 4.35. The van der Waals surface area contributed by atoms with Gasteiger partial charge in [-0.2, -0.15) is 0 Å². The molecule has 0 heterocycles. The van der Waals surface area contributed by atoms with Crippen molar-refractivity contribution in [1.29, 1.82) is 0 Å². The second kappa shape index (κ2) is 6.74. The largest absolute Gasteiger partial charge is 0.478 e. The lowest BCUT2D eigenvalue weighted by Crippen LogP contribution is -2.14. The topological polar surface area (TPSA) is 66.4 Å². The van der Waals surface area contributed by atoms with Crippen LogP contribution in [0, 0.1) is 0 Å². The average Bonchev–Trinajstić information content (AvgIpc) is 2.40. The SMILES string of the molecule is O=C(Cc1cccc(Br)c1)Nc1ccc(Cl)c(C(=O)O)c1. The zero-order valence-corrected chi connectivity index (χ0v) is 13.1. The van der Waals surface area contributed by atoms with Crippen LogP contribution in [-0.2, 0) is 11.2 Å². The van der Waals surface area contributed by atoms with Gasteiger partial charge in [0.2, 0.25) is 5.91 Å². The maximum absolute atomic E-state index is 12.0. The van der Waals surface area contributed by atoms with Crippen molar-refractivity contribution in [3.05, 3.63) is 63.1 Å². The summed E-state index contributed by atoms with van der Waals surface area (Å²) in [5, 5.41) is 11.8. The minimum Gasteiger partial charge on any atom is -0.478 e. The lowest BCUT2D eigenvalue weighted by Gasteiger charge is -2.07. The Morgan fingerprint density at radius 2 is 1.95 bits per heavy atom. The van der Waals surface area contributed by atoms with E-state index in [1.165, 1.54) is 12.1 Å². The van der Waals surface area contributed by atoms with E-state index in [0.717, 1.165) is 10.0 Å². The molecule has 2 aromatic rings. The summed E-state index contributed by atoms with van der Waals surface area (Å²) >= 11 is 9.12. The Balaban J connectivity index is 2.09. The molecule has 0 unspecified atom stereocenters. The van der Waals surface area contributed by atoms with Crippen LogP contribution in [0.5, 0.6) is 0 Å². The summed E-state index contributed by atoms with van der Waals surface area (Å²) in [5.74, 6) is -1.37. The number of aromatic carboxylic acids is 1.